The molecule has 0 aliphatic heterocycles. The van der Waals surface area contributed by atoms with E-state index in [1.54, 1.807) is 0 Å². The van der Waals surface area contributed by atoms with Gasteiger partial charge in [-0.1, -0.05) is 282 Å². The van der Waals surface area contributed by atoms with Gasteiger partial charge in [0.2, 0.25) is 5.91 Å². The van der Waals surface area contributed by atoms with E-state index in [4.69, 9.17) is 9.05 Å². The number of likely N-dealkylation sites (N-methyl/N-ethyl adjacent to an activating group) is 1. The van der Waals surface area contributed by atoms with Crippen molar-refractivity contribution < 1.29 is 32.9 Å². The standard InChI is InChI=1S/C61H121N2O6P/c1-6-8-10-12-14-15-16-17-18-19-20-21-22-23-24-25-26-27-28-29-30-31-32-33-34-35-36-37-38-39-40-41-42-43-44-45-46-47-49-51-53-55-61(65)62-59(60(64)54-52-50-48-13-11-9-7-2)58-69-70(66,67)68-57-56-63(3,4)5/h16-17,19-20,59-60,64H,6-15,18,21-58H2,1-5H3,(H-,62,65,66,67)/b17-16-,20-19-. The van der Waals surface area contributed by atoms with Gasteiger partial charge in [-0.2, -0.15) is 0 Å². The highest BCUT2D eigenvalue weighted by Crippen LogP contribution is 2.38. The van der Waals surface area contributed by atoms with E-state index in [0.717, 1.165) is 44.9 Å². The Balaban J connectivity index is 3.67. The number of aliphatic hydroxyl groups is 1. The Morgan fingerprint density at radius 2 is 0.829 bits per heavy atom. The fourth-order valence-electron chi connectivity index (χ4n) is 9.37. The third kappa shape index (κ3) is 54.7. The van der Waals surface area contributed by atoms with Crippen molar-refractivity contribution in [2.24, 2.45) is 0 Å². The van der Waals surface area contributed by atoms with Crippen molar-refractivity contribution in [3.05, 3.63) is 24.3 Å². The molecule has 3 atom stereocenters. The predicted molar refractivity (Wildman–Crippen MR) is 302 cm³/mol. The molecule has 70 heavy (non-hydrogen) atoms. The minimum absolute atomic E-state index is 0.0144. The molecule has 0 rings (SSSR count). The molecule has 0 saturated heterocycles. The second-order valence-corrected chi connectivity index (χ2v) is 23.8. The summed E-state index contributed by atoms with van der Waals surface area (Å²) in [5.41, 5.74) is 0. The van der Waals surface area contributed by atoms with E-state index in [1.807, 2.05) is 21.1 Å². The normalized spacial score (nSPS) is 14.0. The van der Waals surface area contributed by atoms with Crippen LogP contribution < -0.4 is 10.2 Å². The topological polar surface area (TPSA) is 108 Å². The van der Waals surface area contributed by atoms with Gasteiger partial charge in [0.15, 0.2) is 0 Å². The van der Waals surface area contributed by atoms with E-state index in [2.05, 4.69) is 43.5 Å². The fourth-order valence-corrected chi connectivity index (χ4v) is 10.1. The first-order valence-corrected chi connectivity index (χ1v) is 32.1. The van der Waals surface area contributed by atoms with Crippen LogP contribution in [-0.2, 0) is 18.4 Å². The maximum absolute atomic E-state index is 12.9. The van der Waals surface area contributed by atoms with Gasteiger partial charge in [0.25, 0.3) is 7.82 Å². The lowest BCUT2D eigenvalue weighted by molar-refractivity contribution is -0.870. The SMILES string of the molecule is CCCCCCC/C=C\C/C=C\CCCCCCCCCCCCCCCCCCCCCCCCCCCCCCCC(=O)NC(COP(=O)([O-])OCC[N+](C)(C)C)C(O)CCCCCCCCC. The molecular formula is C61H121N2O6P. The number of hydrogen-bond donors (Lipinski definition) is 2. The van der Waals surface area contributed by atoms with Crippen LogP contribution in [0.25, 0.3) is 0 Å². The molecule has 1 amide bonds. The van der Waals surface area contributed by atoms with Gasteiger partial charge in [0, 0.05) is 6.42 Å². The molecule has 0 aromatic carbocycles. The summed E-state index contributed by atoms with van der Waals surface area (Å²) in [6.45, 7) is 4.68. The minimum Gasteiger partial charge on any atom is -0.756 e. The van der Waals surface area contributed by atoms with Crippen LogP contribution in [0.2, 0.25) is 0 Å². The number of carbonyl (C=O) groups excluding carboxylic acids is 1. The zero-order valence-electron chi connectivity index (χ0n) is 47.5. The number of rotatable bonds is 57. The number of carbonyl (C=O) groups is 1. The molecule has 9 heteroatoms. The molecule has 0 aromatic heterocycles. The minimum atomic E-state index is -4.56. The number of quaternary nitrogens is 1. The number of phosphoric ester groups is 1. The fraction of sp³-hybridized carbons (Fsp3) is 0.918. The van der Waals surface area contributed by atoms with Crippen LogP contribution in [0.5, 0.6) is 0 Å². The number of nitrogens with zero attached hydrogens (tertiary/aromatic N) is 1. The molecule has 416 valence electrons. The van der Waals surface area contributed by atoms with Gasteiger partial charge >= 0.3 is 0 Å². The first-order chi connectivity index (χ1) is 34.0. The first-order valence-electron chi connectivity index (χ1n) is 30.7. The molecule has 0 aromatic rings. The van der Waals surface area contributed by atoms with Crippen LogP contribution in [0.3, 0.4) is 0 Å². The van der Waals surface area contributed by atoms with Crippen LogP contribution in [0.15, 0.2) is 24.3 Å². The Labute approximate surface area is 436 Å². The smallest absolute Gasteiger partial charge is 0.268 e. The Hall–Kier alpha value is -1.02. The van der Waals surface area contributed by atoms with E-state index < -0.39 is 20.0 Å². The number of nitrogens with one attached hydrogen (secondary N) is 1. The van der Waals surface area contributed by atoms with Gasteiger partial charge in [-0.3, -0.25) is 9.36 Å². The summed E-state index contributed by atoms with van der Waals surface area (Å²) in [4.78, 5) is 25.3. The van der Waals surface area contributed by atoms with Crippen LogP contribution in [0.1, 0.15) is 309 Å². The van der Waals surface area contributed by atoms with Crippen molar-refractivity contribution in [3.8, 4) is 0 Å². The lowest BCUT2D eigenvalue weighted by atomic mass is 10.0. The van der Waals surface area contributed by atoms with Crippen molar-refractivity contribution in [2.45, 2.75) is 321 Å². The van der Waals surface area contributed by atoms with Crippen LogP contribution in [0, 0.1) is 0 Å². The molecule has 2 N–H and O–H groups in total. The van der Waals surface area contributed by atoms with Gasteiger partial charge in [0.1, 0.15) is 13.2 Å². The monoisotopic (exact) mass is 1010 g/mol. The number of aliphatic hydroxyl groups excluding tert-OH is 1. The average Bonchev–Trinajstić information content (AvgIpc) is 3.32. The maximum Gasteiger partial charge on any atom is 0.268 e. The molecule has 0 bridgehead atoms. The van der Waals surface area contributed by atoms with Gasteiger partial charge < -0.3 is 28.8 Å². The second kappa shape index (κ2) is 52.8. The molecule has 0 spiro atoms. The highest BCUT2D eigenvalue weighted by molar-refractivity contribution is 7.45. The molecule has 0 fully saturated rings. The number of phosphoric acid groups is 1. The quantitative estimate of drug-likeness (QED) is 0.0272. The summed E-state index contributed by atoms with van der Waals surface area (Å²) in [6.07, 6.45) is 67.2. The summed E-state index contributed by atoms with van der Waals surface area (Å²) >= 11 is 0. The van der Waals surface area contributed by atoms with Gasteiger partial charge in [0.05, 0.1) is 39.9 Å². The van der Waals surface area contributed by atoms with Crippen molar-refractivity contribution in [1.82, 2.24) is 5.32 Å². The summed E-state index contributed by atoms with van der Waals surface area (Å²) in [5.74, 6) is -0.163. The zero-order chi connectivity index (χ0) is 51.3. The maximum atomic E-state index is 12.9. The first kappa shape index (κ1) is 69.0. The highest BCUT2D eigenvalue weighted by Gasteiger charge is 2.24. The molecular weight excluding hydrogens is 888 g/mol. The Kier molecular flexibility index (Phi) is 52.1. The molecule has 0 aliphatic carbocycles. The lowest BCUT2D eigenvalue weighted by Crippen LogP contribution is -2.46. The number of allylic oxidation sites excluding steroid dienone is 4. The van der Waals surface area contributed by atoms with Gasteiger partial charge in [-0.05, 0) is 44.9 Å². The third-order valence-electron chi connectivity index (χ3n) is 14.2. The van der Waals surface area contributed by atoms with E-state index in [-0.39, 0.29) is 19.1 Å². The summed E-state index contributed by atoms with van der Waals surface area (Å²) in [6, 6.07) is -0.794. The van der Waals surface area contributed by atoms with E-state index in [1.165, 1.54) is 238 Å². The molecule has 0 saturated carbocycles. The largest absolute Gasteiger partial charge is 0.756 e. The van der Waals surface area contributed by atoms with Gasteiger partial charge in [-0.25, -0.2) is 0 Å². The summed E-state index contributed by atoms with van der Waals surface area (Å²) in [7, 11) is 1.31. The van der Waals surface area contributed by atoms with Gasteiger partial charge in [-0.15, -0.1) is 0 Å². The molecule has 0 aliphatic rings. The molecule has 3 unspecified atom stereocenters. The van der Waals surface area contributed by atoms with Crippen molar-refractivity contribution in [3.63, 3.8) is 0 Å². The van der Waals surface area contributed by atoms with E-state index in [9.17, 15) is 19.4 Å². The van der Waals surface area contributed by atoms with Crippen molar-refractivity contribution in [2.75, 3.05) is 40.9 Å². The average molecular weight is 1010 g/mol. The highest BCUT2D eigenvalue weighted by atomic mass is 31.2. The van der Waals surface area contributed by atoms with Crippen molar-refractivity contribution >= 4 is 13.7 Å². The Bertz CT molecular complexity index is 1190. The molecule has 0 radical (unpaired) electrons. The second-order valence-electron chi connectivity index (χ2n) is 22.4. The predicted octanol–water partition coefficient (Wildman–Crippen LogP) is 18.1. The van der Waals surface area contributed by atoms with Crippen molar-refractivity contribution in [1.29, 1.82) is 0 Å². The van der Waals surface area contributed by atoms with E-state index >= 15 is 0 Å². The third-order valence-corrected chi connectivity index (χ3v) is 15.2. The Morgan fingerprint density at radius 3 is 1.19 bits per heavy atom. The summed E-state index contributed by atoms with van der Waals surface area (Å²) < 4.78 is 23.2. The number of hydrogen-bond acceptors (Lipinski definition) is 6. The lowest BCUT2D eigenvalue weighted by Gasteiger charge is -2.30. The molecule has 8 nitrogen and oxygen atoms in total. The number of amides is 1. The zero-order valence-corrected chi connectivity index (χ0v) is 48.4. The number of unbranched alkanes of at least 4 members (excludes halogenated alkanes) is 40. The Morgan fingerprint density at radius 1 is 0.500 bits per heavy atom. The summed E-state index contributed by atoms with van der Waals surface area (Å²) in [5, 5.41) is 13.8. The van der Waals surface area contributed by atoms with E-state index in [0.29, 0.717) is 23.9 Å². The molecule has 0 heterocycles. The van der Waals surface area contributed by atoms with Crippen LogP contribution in [0.4, 0.5) is 0 Å². The van der Waals surface area contributed by atoms with Crippen LogP contribution >= 0.6 is 7.82 Å². The van der Waals surface area contributed by atoms with Crippen LogP contribution in [-0.4, -0.2) is 68.5 Å².